The van der Waals surface area contributed by atoms with Gasteiger partial charge in [0.25, 0.3) is 0 Å². The fourth-order valence-electron chi connectivity index (χ4n) is 3.72. The van der Waals surface area contributed by atoms with Crippen molar-refractivity contribution >= 4 is 5.97 Å². The van der Waals surface area contributed by atoms with E-state index in [0.717, 1.165) is 71.8 Å². The minimum Gasteiger partial charge on any atom is -0.493 e. The van der Waals surface area contributed by atoms with E-state index in [2.05, 4.69) is 19.9 Å². The average molecular weight is 451 g/mol. The maximum atomic E-state index is 11.3. The molecule has 1 N–H and O–H groups in total. The molecule has 0 aliphatic rings. The molecule has 0 amide bonds. The van der Waals surface area contributed by atoms with E-state index in [1.54, 1.807) is 0 Å². The van der Waals surface area contributed by atoms with Crippen LogP contribution < -0.4 is 9.47 Å². The number of unbranched alkanes of at least 4 members (excludes halogenated alkanes) is 2. The Hall–Kier alpha value is -3.28. The lowest BCUT2D eigenvalue weighted by Gasteiger charge is -2.12. The summed E-state index contributed by atoms with van der Waals surface area (Å²) >= 11 is 0. The largest absolute Gasteiger partial charge is 0.493 e. The Morgan fingerprint density at radius 3 is 2.42 bits per heavy atom. The SMILES string of the molecule is CCCCOc1ccc(CC(=O)O)cc1-c1cc(-c2ccccc2OCC)n(CCCC)n1. The second-order valence-corrected chi connectivity index (χ2v) is 8.02. The van der Waals surface area contributed by atoms with Gasteiger partial charge >= 0.3 is 5.97 Å². The van der Waals surface area contributed by atoms with Crippen molar-refractivity contribution in [3.05, 3.63) is 54.1 Å². The van der Waals surface area contributed by atoms with Crippen LogP contribution in [0.25, 0.3) is 22.5 Å². The van der Waals surface area contributed by atoms with Crippen LogP contribution in [-0.2, 0) is 17.8 Å². The van der Waals surface area contributed by atoms with Gasteiger partial charge in [-0.25, -0.2) is 0 Å². The normalized spacial score (nSPS) is 10.9. The fourth-order valence-corrected chi connectivity index (χ4v) is 3.72. The molecule has 6 heteroatoms. The number of nitrogens with zero attached hydrogens (tertiary/aromatic N) is 2. The van der Waals surface area contributed by atoms with Gasteiger partial charge in [0.2, 0.25) is 0 Å². The average Bonchev–Trinajstić information content (AvgIpc) is 3.22. The number of carboxylic acid groups (broad SMARTS) is 1. The molecular formula is C27H34N2O4. The van der Waals surface area contributed by atoms with Gasteiger partial charge in [-0.3, -0.25) is 9.48 Å². The lowest BCUT2D eigenvalue weighted by Crippen LogP contribution is -2.04. The van der Waals surface area contributed by atoms with Gasteiger partial charge < -0.3 is 14.6 Å². The molecule has 0 bridgehead atoms. The molecule has 0 fully saturated rings. The maximum Gasteiger partial charge on any atom is 0.307 e. The highest BCUT2D eigenvalue weighted by Crippen LogP contribution is 2.36. The van der Waals surface area contributed by atoms with Crippen LogP contribution in [-0.4, -0.2) is 34.1 Å². The number of carbonyl (C=O) groups is 1. The standard InChI is InChI=1S/C27H34N2O4/c1-4-7-15-29-24(21-11-9-10-12-25(21)32-6-3)19-23(28-29)22-17-20(18-27(30)31)13-14-26(22)33-16-8-5-2/h9-14,17,19H,4-8,15-16,18H2,1-3H3,(H,30,31). The van der Waals surface area contributed by atoms with Crippen LogP contribution in [0.1, 0.15) is 52.0 Å². The van der Waals surface area contributed by atoms with Crippen LogP contribution in [0.2, 0.25) is 0 Å². The minimum absolute atomic E-state index is 0.0428. The summed E-state index contributed by atoms with van der Waals surface area (Å²) in [5.41, 5.74) is 4.27. The number of hydrogen-bond donors (Lipinski definition) is 1. The van der Waals surface area contributed by atoms with Gasteiger partial charge in [0.05, 0.1) is 31.0 Å². The zero-order chi connectivity index (χ0) is 23.6. The molecule has 6 nitrogen and oxygen atoms in total. The molecular weight excluding hydrogens is 416 g/mol. The molecule has 1 heterocycles. The number of aryl methyl sites for hydroxylation is 1. The van der Waals surface area contributed by atoms with Crippen LogP contribution in [0.5, 0.6) is 11.5 Å². The zero-order valence-corrected chi connectivity index (χ0v) is 19.8. The van der Waals surface area contributed by atoms with Crippen molar-refractivity contribution in [2.75, 3.05) is 13.2 Å². The number of hydrogen-bond acceptors (Lipinski definition) is 4. The van der Waals surface area contributed by atoms with Gasteiger partial charge in [-0.2, -0.15) is 5.10 Å². The third kappa shape index (κ3) is 6.37. The van der Waals surface area contributed by atoms with Crippen molar-refractivity contribution in [3.63, 3.8) is 0 Å². The van der Waals surface area contributed by atoms with Crippen molar-refractivity contribution in [3.8, 4) is 34.0 Å². The Kier molecular flexibility index (Phi) is 8.93. The highest BCUT2D eigenvalue weighted by Gasteiger charge is 2.18. The molecule has 33 heavy (non-hydrogen) atoms. The van der Waals surface area contributed by atoms with Gasteiger partial charge in [-0.15, -0.1) is 0 Å². The highest BCUT2D eigenvalue weighted by molar-refractivity contribution is 5.77. The summed E-state index contributed by atoms with van der Waals surface area (Å²) in [6, 6.07) is 15.6. The third-order valence-electron chi connectivity index (χ3n) is 5.40. The summed E-state index contributed by atoms with van der Waals surface area (Å²) in [7, 11) is 0. The lowest BCUT2D eigenvalue weighted by molar-refractivity contribution is -0.136. The first-order valence-corrected chi connectivity index (χ1v) is 11.8. The number of aliphatic carboxylic acids is 1. The van der Waals surface area contributed by atoms with E-state index < -0.39 is 5.97 Å². The summed E-state index contributed by atoms with van der Waals surface area (Å²) in [6.45, 7) is 8.24. The summed E-state index contributed by atoms with van der Waals surface area (Å²) in [5, 5.41) is 14.2. The Morgan fingerprint density at radius 2 is 1.70 bits per heavy atom. The van der Waals surface area contributed by atoms with Crippen LogP contribution in [0, 0.1) is 0 Å². The predicted molar refractivity (Wildman–Crippen MR) is 131 cm³/mol. The van der Waals surface area contributed by atoms with Gasteiger partial charge in [-0.05, 0) is 55.7 Å². The molecule has 2 aromatic carbocycles. The second-order valence-electron chi connectivity index (χ2n) is 8.02. The second kappa shape index (κ2) is 12.1. The molecule has 0 unspecified atom stereocenters. The van der Waals surface area contributed by atoms with E-state index in [9.17, 15) is 9.90 Å². The van der Waals surface area contributed by atoms with E-state index >= 15 is 0 Å². The minimum atomic E-state index is -0.861. The summed E-state index contributed by atoms with van der Waals surface area (Å²) < 4.78 is 14.0. The first kappa shape index (κ1) is 24.4. The molecule has 0 aliphatic heterocycles. The first-order valence-electron chi connectivity index (χ1n) is 11.8. The Morgan fingerprint density at radius 1 is 0.939 bits per heavy atom. The number of benzene rings is 2. The third-order valence-corrected chi connectivity index (χ3v) is 5.40. The topological polar surface area (TPSA) is 73.6 Å². The molecule has 0 aliphatic carbocycles. The van der Waals surface area contributed by atoms with Crippen molar-refractivity contribution in [1.82, 2.24) is 9.78 Å². The van der Waals surface area contributed by atoms with Crippen LogP contribution >= 0.6 is 0 Å². The molecule has 1 aromatic heterocycles. The fraction of sp³-hybridized carbons (Fsp3) is 0.407. The summed E-state index contributed by atoms with van der Waals surface area (Å²) in [5.74, 6) is 0.686. The van der Waals surface area contributed by atoms with Crippen molar-refractivity contribution < 1.29 is 19.4 Å². The zero-order valence-electron chi connectivity index (χ0n) is 19.8. The van der Waals surface area contributed by atoms with Crippen molar-refractivity contribution in [2.24, 2.45) is 0 Å². The molecule has 176 valence electrons. The van der Waals surface area contributed by atoms with Crippen molar-refractivity contribution in [1.29, 1.82) is 0 Å². The summed E-state index contributed by atoms with van der Waals surface area (Å²) in [6.07, 6.45) is 4.01. The Balaban J connectivity index is 2.10. The van der Waals surface area contributed by atoms with Gasteiger partial charge in [0, 0.05) is 17.7 Å². The number of carboxylic acids is 1. The molecule has 0 radical (unpaired) electrons. The van der Waals surface area contributed by atoms with E-state index in [1.807, 2.05) is 54.1 Å². The molecule has 3 rings (SSSR count). The Bertz CT molecular complexity index is 1060. The van der Waals surface area contributed by atoms with E-state index in [0.29, 0.717) is 13.2 Å². The van der Waals surface area contributed by atoms with Gasteiger partial charge in [-0.1, -0.05) is 44.9 Å². The first-order chi connectivity index (χ1) is 16.1. The predicted octanol–water partition coefficient (Wildman–Crippen LogP) is 6.22. The number of rotatable bonds is 13. The van der Waals surface area contributed by atoms with Gasteiger partial charge in [0.15, 0.2) is 0 Å². The molecule has 0 spiro atoms. The van der Waals surface area contributed by atoms with Gasteiger partial charge in [0.1, 0.15) is 11.5 Å². The van der Waals surface area contributed by atoms with E-state index in [-0.39, 0.29) is 6.42 Å². The number of ether oxygens (including phenoxy) is 2. The Labute approximate surface area is 196 Å². The summed E-state index contributed by atoms with van der Waals surface area (Å²) in [4.78, 5) is 11.3. The van der Waals surface area contributed by atoms with E-state index in [1.165, 1.54) is 0 Å². The van der Waals surface area contributed by atoms with Crippen molar-refractivity contribution in [2.45, 2.75) is 59.4 Å². The van der Waals surface area contributed by atoms with Crippen LogP contribution in [0.3, 0.4) is 0 Å². The van der Waals surface area contributed by atoms with Crippen LogP contribution in [0.15, 0.2) is 48.5 Å². The maximum absolute atomic E-state index is 11.3. The highest BCUT2D eigenvalue weighted by atomic mass is 16.5. The molecule has 0 saturated heterocycles. The van der Waals surface area contributed by atoms with Crippen LogP contribution in [0.4, 0.5) is 0 Å². The number of para-hydroxylation sites is 1. The molecule has 3 aromatic rings. The molecule has 0 atom stereocenters. The lowest BCUT2D eigenvalue weighted by atomic mass is 10.0. The van der Waals surface area contributed by atoms with E-state index in [4.69, 9.17) is 14.6 Å². The molecule has 0 saturated carbocycles. The smallest absolute Gasteiger partial charge is 0.307 e. The monoisotopic (exact) mass is 450 g/mol. The quantitative estimate of drug-likeness (QED) is 0.313. The number of aromatic nitrogens is 2.